The molecule has 0 radical (unpaired) electrons. The lowest BCUT2D eigenvalue weighted by Crippen LogP contribution is -2.45. The molecule has 2 saturated heterocycles. The first-order valence-corrected chi connectivity index (χ1v) is 10.8. The van der Waals surface area contributed by atoms with Crippen molar-refractivity contribution in [3.63, 3.8) is 0 Å². The summed E-state index contributed by atoms with van der Waals surface area (Å²) in [4.78, 5) is 30.9. The minimum absolute atomic E-state index is 0.118. The van der Waals surface area contributed by atoms with Gasteiger partial charge in [0.2, 0.25) is 0 Å². The highest BCUT2D eigenvalue weighted by Crippen LogP contribution is 2.36. The summed E-state index contributed by atoms with van der Waals surface area (Å²) in [5.74, 6) is -0.579. The summed E-state index contributed by atoms with van der Waals surface area (Å²) < 4.78 is 28.6. The van der Waals surface area contributed by atoms with Crippen LogP contribution in [0.4, 0.5) is 4.79 Å². The first-order chi connectivity index (χ1) is 14.7. The van der Waals surface area contributed by atoms with Gasteiger partial charge in [-0.3, -0.25) is 0 Å². The van der Waals surface area contributed by atoms with Crippen LogP contribution in [0.5, 0.6) is 0 Å². The lowest BCUT2D eigenvalue weighted by molar-refractivity contribution is -0.0447. The maximum Gasteiger partial charge on any atom is 0.494 e. The molecule has 1 aromatic rings. The van der Waals surface area contributed by atoms with E-state index in [1.54, 1.807) is 17.0 Å². The van der Waals surface area contributed by atoms with Crippen LogP contribution in [0.25, 0.3) is 0 Å². The third-order valence-corrected chi connectivity index (χ3v) is 5.84. The van der Waals surface area contributed by atoms with Crippen molar-refractivity contribution in [1.82, 2.24) is 9.88 Å². The molecule has 32 heavy (non-hydrogen) atoms. The van der Waals surface area contributed by atoms with Gasteiger partial charge in [-0.2, -0.15) is 0 Å². The molecule has 2 fully saturated rings. The molecule has 2 aliphatic heterocycles. The van der Waals surface area contributed by atoms with Crippen LogP contribution in [0.3, 0.4) is 0 Å². The van der Waals surface area contributed by atoms with E-state index in [4.69, 9.17) is 23.5 Å². The Kier molecular flexibility index (Phi) is 6.61. The van der Waals surface area contributed by atoms with Gasteiger partial charge in [0.25, 0.3) is 0 Å². The number of rotatable bonds is 3. The molecule has 1 atom stereocenters. The minimum Gasteiger partial charge on any atom is -0.464 e. The van der Waals surface area contributed by atoms with Crippen molar-refractivity contribution in [2.75, 3.05) is 26.8 Å². The van der Waals surface area contributed by atoms with Gasteiger partial charge in [-0.05, 0) is 66.1 Å². The van der Waals surface area contributed by atoms with Crippen LogP contribution in [-0.2, 0) is 23.5 Å². The van der Waals surface area contributed by atoms with Gasteiger partial charge < -0.3 is 28.4 Å². The van der Waals surface area contributed by atoms with Crippen molar-refractivity contribution in [1.29, 1.82) is 0 Å². The van der Waals surface area contributed by atoms with E-state index >= 15 is 0 Å². The van der Waals surface area contributed by atoms with E-state index in [9.17, 15) is 9.59 Å². The van der Waals surface area contributed by atoms with Crippen LogP contribution in [-0.4, -0.2) is 72.7 Å². The van der Waals surface area contributed by atoms with E-state index in [1.165, 1.54) is 7.11 Å². The lowest BCUT2D eigenvalue weighted by atomic mass is 9.78. The van der Waals surface area contributed by atoms with Crippen LogP contribution in [0.1, 0.15) is 70.8 Å². The number of carbonyl (C=O) groups is 2. The van der Waals surface area contributed by atoms with Crippen molar-refractivity contribution in [3.05, 3.63) is 23.5 Å². The minimum atomic E-state index is -0.685. The molecule has 1 amide bonds. The summed E-state index contributed by atoms with van der Waals surface area (Å²) in [6, 6.07) is 3.39. The predicted octanol–water partition coefficient (Wildman–Crippen LogP) is 2.48. The Morgan fingerprint density at radius 2 is 1.78 bits per heavy atom. The van der Waals surface area contributed by atoms with Crippen molar-refractivity contribution in [2.24, 2.45) is 0 Å². The summed E-state index contributed by atoms with van der Waals surface area (Å²) in [5.41, 5.74) is -0.439. The summed E-state index contributed by atoms with van der Waals surface area (Å²) in [6.45, 7) is 14.3. The van der Waals surface area contributed by atoms with Crippen molar-refractivity contribution >= 4 is 24.6 Å². The molecule has 3 rings (SSSR count). The number of morpholine rings is 1. The van der Waals surface area contributed by atoms with Crippen LogP contribution in [0.2, 0.25) is 0 Å². The van der Waals surface area contributed by atoms with E-state index in [0.717, 1.165) is 0 Å². The zero-order chi connectivity index (χ0) is 23.9. The SMILES string of the molecule is COC(=O)c1cc(B2OC(C)(C)C(C)(C)O2)cc(C2CN(C(=O)OC(C)(C)C)CCO2)n1. The molecule has 176 valence electrons. The Hall–Kier alpha value is -2.17. The highest BCUT2D eigenvalue weighted by atomic mass is 16.7. The fourth-order valence-corrected chi connectivity index (χ4v) is 3.38. The fraction of sp³-hybridized carbons (Fsp3) is 0.682. The molecule has 0 spiro atoms. The summed E-state index contributed by atoms with van der Waals surface area (Å²) in [5, 5.41) is 0. The Labute approximate surface area is 189 Å². The van der Waals surface area contributed by atoms with Crippen LogP contribution in [0.15, 0.2) is 12.1 Å². The third-order valence-electron chi connectivity index (χ3n) is 5.84. The Morgan fingerprint density at radius 1 is 1.16 bits per heavy atom. The molecule has 0 aromatic carbocycles. The molecule has 1 aromatic heterocycles. The second-order valence-corrected chi connectivity index (χ2v) is 10.1. The summed E-state index contributed by atoms with van der Waals surface area (Å²) in [7, 11) is 0.614. The predicted molar refractivity (Wildman–Crippen MR) is 118 cm³/mol. The molecule has 0 N–H and O–H groups in total. The highest BCUT2D eigenvalue weighted by Gasteiger charge is 2.52. The number of hydrogen-bond donors (Lipinski definition) is 0. The molecule has 10 heteroatoms. The first kappa shape index (κ1) is 24.5. The molecule has 2 aliphatic rings. The zero-order valence-electron chi connectivity index (χ0n) is 20.2. The number of hydrogen-bond acceptors (Lipinski definition) is 8. The molecule has 0 aliphatic carbocycles. The normalized spacial score (nSPS) is 22.6. The molecule has 9 nitrogen and oxygen atoms in total. The molecule has 3 heterocycles. The standard InChI is InChI=1S/C22H33BN2O7/c1-20(2,3)30-19(27)25-9-10-29-17(13-25)15-11-14(12-16(24-15)18(26)28-8)23-31-21(4,5)22(6,7)32-23/h11-12,17H,9-10,13H2,1-8H3. The smallest absolute Gasteiger partial charge is 0.464 e. The fourth-order valence-electron chi connectivity index (χ4n) is 3.38. The maximum absolute atomic E-state index is 12.5. The molecule has 1 unspecified atom stereocenters. The van der Waals surface area contributed by atoms with Gasteiger partial charge in [-0.25, -0.2) is 14.6 Å². The number of amides is 1. The van der Waals surface area contributed by atoms with Gasteiger partial charge in [0.15, 0.2) is 0 Å². The number of aromatic nitrogens is 1. The number of methoxy groups -OCH3 is 1. The van der Waals surface area contributed by atoms with Gasteiger partial charge in [0.1, 0.15) is 17.4 Å². The van der Waals surface area contributed by atoms with Crippen LogP contribution in [0, 0.1) is 0 Å². The maximum atomic E-state index is 12.5. The number of ether oxygens (including phenoxy) is 3. The van der Waals surface area contributed by atoms with Gasteiger partial charge in [0, 0.05) is 6.54 Å². The Bertz CT molecular complexity index is 866. The van der Waals surface area contributed by atoms with Gasteiger partial charge in [0.05, 0.1) is 37.2 Å². The van der Waals surface area contributed by atoms with E-state index in [1.807, 2.05) is 48.5 Å². The Morgan fingerprint density at radius 3 is 2.34 bits per heavy atom. The largest absolute Gasteiger partial charge is 0.494 e. The summed E-state index contributed by atoms with van der Waals surface area (Å²) >= 11 is 0. The average molecular weight is 448 g/mol. The van der Waals surface area contributed by atoms with Crippen molar-refractivity contribution in [3.8, 4) is 0 Å². The molecular formula is C22H33BN2O7. The quantitative estimate of drug-likeness (QED) is 0.514. The second-order valence-electron chi connectivity index (χ2n) is 10.1. The summed E-state index contributed by atoms with van der Waals surface area (Å²) in [6.07, 6.45) is -0.955. The average Bonchev–Trinajstić information content (AvgIpc) is 2.93. The topological polar surface area (TPSA) is 96.4 Å². The third kappa shape index (κ3) is 5.24. The zero-order valence-corrected chi connectivity index (χ0v) is 20.2. The van der Waals surface area contributed by atoms with Gasteiger partial charge >= 0.3 is 19.2 Å². The van der Waals surface area contributed by atoms with Crippen LogP contribution >= 0.6 is 0 Å². The van der Waals surface area contributed by atoms with E-state index in [-0.39, 0.29) is 12.2 Å². The van der Waals surface area contributed by atoms with Gasteiger partial charge in [-0.15, -0.1) is 0 Å². The molecule has 0 saturated carbocycles. The lowest BCUT2D eigenvalue weighted by Gasteiger charge is -2.34. The number of pyridine rings is 1. The van der Waals surface area contributed by atoms with E-state index in [2.05, 4.69) is 4.98 Å². The van der Waals surface area contributed by atoms with Crippen molar-refractivity contribution in [2.45, 2.75) is 71.4 Å². The second kappa shape index (κ2) is 8.65. The molecular weight excluding hydrogens is 415 g/mol. The first-order valence-electron chi connectivity index (χ1n) is 10.8. The van der Waals surface area contributed by atoms with Gasteiger partial charge in [-0.1, -0.05) is 0 Å². The van der Waals surface area contributed by atoms with Crippen molar-refractivity contribution < 1.29 is 33.1 Å². The number of esters is 1. The number of nitrogens with zero attached hydrogens (tertiary/aromatic N) is 2. The number of carbonyl (C=O) groups excluding carboxylic acids is 2. The monoisotopic (exact) mass is 448 g/mol. The van der Waals surface area contributed by atoms with E-state index < -0.39 is 42.1 Å². The van der Waals surface area contributed by atoms with E-state index in [0.29, 0.717) is 24.3 Å². The highest BCUT2D eigenvalue weighted by molar-refractivity contribution is 6.62. The molecule has 0 bridgehead atoms. The van der Waals surface area contributed by atoms with Crippen LogP contribution < -0.4 is 5.46 Å². The Balaban J connectivity index is 1.90.